The highest BCUT2D eigenvalue weighted by atomic mass is 16.4. The number of carboxylic acids is 1. The Morgan fingerprint density at radius 1 is 1.41 bits per heavy atom. The van der Waals surface area contributed by atoms with Gasteiger partial charge in [-0.15, -0.1) is 0 Å². The Hall–Kier alpha value is -2.11. The van der Waals surface area contributed by atoms with Gasteiger partial charge in [0.2, 0.25) is 0 Å². The van der Waals surface area contributed by atoms with Crippen molar-refractivity contribution in [3.05, 3.63) is 34.4 Å². The second-order valence-electron chi connectivity index (χ2n) is 3.46. The normalized spacial score (nSPS) is 9.94. The summed E-state index contributed by atoms with van der Waals surface area (Å²) in [6.07, 6.45) is 1.69. The van der Waals surface area contributed by atoms with Crippen molar-refractivity contribution in [1.82, 2.24) is 4.90 Å². The van der Waals surface area contributed by atoms with Crippen molar-refractivity contribution in [2.24, 2.45) is 0 Å². The minimum Gasteiger partial charge on any atom is -0.480 e. The van der Waals surface area contributed by atoms with Gasteiger partial charge in [-0.2, -0.15) is 0 Å². The van der Waals surface area contributed by atoms with Crippen LogP contribution in [0, 0.1) is 0 Å². The van der Waals surface area contributed by atoms with Crippen LogP contribution in [0.4, 0.5) is 0 Å². The molecule has 1 aromatic rings. The summed E-state index contributed by atoms with van der Waals surface area (Å²) in [7, 11) is 0. The van der Waals surface area contributed by atoms with E-state index >= 15 is 0 Å². The number of nitrogens with zero attached hydrogens (tertiary/aromatic N) is 1. The van der Waals surface area contributed by atoms with Crippen LogP contribution in [0.25, 0.3) is 0 Å². The topological polar surface area (TPSA) is 87.8 Å². The van der Waals surface area contributed by atoms with Crippen molar-refractivity contribution in [3.63, 3.8) is 0 Å². The third-order valence-electron chi connectivity index (χ3n) is 2.05. The number of hydrogen-bond donors (Lipinski definition) is 1. The average molecular weight is 239 g/mol. The summed E-state index contributed by atoms with van der Waals surface area (Å²) in [5.41, 5.74) is -0.388. The zero-order chi connectivity index (χ0) is 12.8. The van der Waals surface area contributed by atoms with Crippen LogP contribution in [-0.4, -0.2) is 35.0 Å². The van der Waals surface area contributed by atoms with E-state index in [1.165, 1.54) is 11.0 Å². The largest absolute Gasteiger partial charge is 0.480 e. The van der Waals surface area contributed by atoms with Gasteiger partial charge in [0, 0.05) is 12.6 Å². The Balaban J connectivity index is 2.86. The van der Waals surface area contributed by atoms with Crippen LogP contribution in [0.1, 0.15) is 23.7 Å². The minimum absolute atomic E-state index is 0.166. The maximum atomic E-state index is 11.9. The third-order valence-corrected chi connectivity index (χ3v) is 2.05. The Morgan fingerprint density at radius 2 is 2.12 bits per heavy atom. The SMILES string of the molecule is CCCN(CC(=O)O)C(=O)c1ccc(=O)oc1. The van der Waals surface area contributed by atoms with Crippen LogP contribution in [-0.2, 0) is 4.79 Å². The van der Waals surface area contributed by atoms with Gasteiger partial charge in [0.15, 0.2) is 0 Å². The van der Waals surface area contributed by atoms with Crippen molar-refractivity contribution in [2.45, 2.75) is 13.3 Å². The van der Waals surface area contributed by atoms with Crippen LogP contribution in [0.15, 0.2) is 27.6 Å². The number of aliphatic carboxylic acids is 1. The molecular weight excluding hydrogens is 226 g/mol. The molecule has 1 heterocycles. The zero-order valence-electron chi connectivity index (χ0n) is 9.38. The molecule has 1 N–H and O–H groups in total. The van der Waals surface area contributed by atoms with Crippen LogP contribution >= 0.6 is 0 Å². The molecule has 1 aromatic heterocycles. The molecule has 0 bridgehead atoms. The summed E-state index contributed by atoms with van der Waals surface area (Å²) in [5.74, 6) is -1.54. The first kappa shape index (κ1) is 13.0. The van der Waals surface area contributed by atoms with Gasteiger partial charge in [0.25, 0.3) is 5.91 Å². The molecule has 0 aliphatic rings. The number of hydrogen-bond acceptors (Lipinski definition) is 4. The van der Waals surface area contributed by atoms with Gasteiger partial charge in [-0.1, -0.05) is 6.92 Å². The lowest BCUT2D eigenvalue weighted by Gasteiger charge is -2.19. The van der Waals surface area contributed by atoms with E-state index in [1.54, 1.807) is 0 Å². The molecule has 0 saturated carbocycles. The van der Waals surface area contributed by atoms with Crippen molar-refractivity contribution < 1.29 is 19.1 Å². The smallest absolute Gasteiger partial charge is 0.335 e. The number of rotatable bonds is 5. The molecule has 1 rings (SSSR count). The molecular formula is C11H13NO5. The van der Waals surface area contributed by atoms with Gasteiger partial charge in [-0.25, -0.2) is 4.79 Å². The molecule has 0 spiro atoms. The number of carboxylic acid groups (broad SMARTS) is 1. The zero-order valence-corrected chi connectivity index (χ0v) is 9.38. The van der Waals surface area contributed by atoms with E-state index in [9.17, 15) is 14.4 Å². The van der Waals surface area contributed by atoms with Crippen LogP contribution in [0.5, 0.6) is 0 Å². The molecule has 1 amide bonds. The predicted molar refractivity (Wildman–Crippen MR) is 58.8 cm³/mol. The highest BCUT2D eigenvalue weighted by Crippen LogP contribution is 2.03. The van der Waals surface area contributed by atoms with Crippen LogP contribution in [0.3, 0.4) is 0 Å². The van der Waals surface area contributed by atoms with E-state index < -0.39 is 17.5 Å². The van der Waals surface area contributed by atoms with E-state index in [-0.39, 0.29) is 12.1 Å². The van der Waals surface area contributed by atoms with Gasteiger partial charge in [-0.3, -0.25) is 9.59 Å². The first-order valence-corrected chi connectivity index (χ1v) is 5.14. The Morgan fingerprint density at radius 3 is 2.59 bits per heavy atom. The second kappa shape index (κ2) is 5.83. The van der Waals surface area contributed by atoms with Gasteiger partial charge >= 0.3 is 11.6 Å². The minimum atomic E-state index is -1.08. The summed E-state index contributed by atoms with van der Waals surface area (Å²) >= 11 is 0. The lowest BCUT2D eigenvalue weighted by molar-refractivity contribution is -0.137. The highest BCUT2D eigenvalue weighted by molar-refractivity contribution is 5.95. The lowest BCUT2D eigenvalue weighted by Crippen LogP contribution is -2.36. The molecule has 0 aromatic carbocycles. The van der Waals surface area contributed by atoms with Gasteiger partial charge in [0.05, 0.1) is 5.56 Å². The predicted octanol–water partition coefficient (Wildman–Crippen LogP) is 0.577. The fourth-order valence-corrected chi connectivity index (χ4v) is 1.35. The summed E-state index contributed by atoms with van der Waals surface area (Å²) in [5, 5.41) is 8.68. The molecule has 0 unspecified atom stereocenters. The van der Waals surface area contributed by atoms with E-state index in [4.69, 9.17) is 5.11 Å². The van der Waals surface area contributed by atoms with E-state index in [0.29, 0.717) is 13.0 Å². The molecule has 0 radical (unpaired) electrons. The summed E-state index contributed by atoms with van der Waals surface area (Å²) < 4.78 is 4.56. The van der Waals surface area contributed by atoms with Crippen molar-refractivity contribution >= 4 is 11.9 Å². The number of amides is 1. The van der Waals surface area contributed by atoms with E-state index in [0.717, 1.165) is 12.3 Å². The molecule has 0 aliphatic carbocycles. The second-order valence-corrected chi connectivity index (χ2v) is 3.46. The fourth-order valence-electron chi connectivity index (χ4n) is 1.35. The summed E-state index contributed by atoms with van der Waals surface area (Å²) in [6, 6.07) is 2.44. The maximum absolute atomic E-state index is 11.9. The first-order valence-electron chi connectivity index (χ1n) is 5.14. The standard InChI is InChI=1S/C11H13NO5/c1-2-5-12(6-9(13)14)11(16)8-3-4-10(15)17-7-8/h3-4,7H,2,5-6H2,1H3,(H,13,14). The molecule has 0 aliphatic heterocycles. The molecule has 0 fully saturated rings. The number of carbonyl (C=O) groups excluding carboxylic acids is 1. The van der Waals surface area contributed by atoms with Crippen molar-refractivity contribution in [2.75, 3.05) is 13.1 Å². The Labute approximate surface area is 97.5 Å². The van der Waals surface area contributed by atoms with Crippen LogP contribution < -0.4 is 5.63 Å². The maximum Gasteiger partial charge on any atom is 0.335 e. The average Bonchev–Trinajstić information content (AvgIpc) is 2.28. The van der Waals surface area contributed by atoms with E-state index in [1.807, 2.05) is 6.92 Å². The summed E-state index contributed by atoms with van der Waals surface area (Å²) in [6.45, 7) is 1.81. The fraction of sp³-hybridized carbons (Fsp3) is 0.364. The van der Waals surface area contributed by atoms with E-state index in [2.05, 4.69) is 4.42 Å². The quantitative estimate of drug-likeness (QED) is 0.811. The molecule has 0 atom stereocenters. The molecule has 17 heavy (non-hydrogen) atoms. The van der Waals surface area contributed by atoms with Gasteiger partial charge in [-0.05, 0) is 12.5 Å². The first-order chi connectivity index (χ1) is 8.04. The lowest BCUT2D eigenvalue weighted by atomic mass is 10.2. The van der Waals surface area contributed by atoms with Gasteiger partial charge < -0.3 is 14.4 Å². The molecule has 6 nitrogen and oxygen atoms in total. The highest BCUT2D eigenvalue weighted by Gasteiger charge is 2.18. The molecule has 0 saturated heterocycles. The summed E-state index contributed by atoms with van der Waals surface area (Å²) in [4.78, 5) is 34.4. The van der Waals surface area contributed by atoms with Gasteiger partial charge in [0.1, 0.15) is 12.8 Å². The van der Waals surface area contributed by atoms with Crippen molar-refractivity contribution in [3.8, 4) is 0 Å². The number of carbonyl (C=O) groups is 2. The third kappa shape index (κ3) is 3.75. The van der Waals surface area contributed by atoms with Crippen molar-refractivity contribution in [1.29, 1.82) is 0 Å². The molecule has 92 valence electrons. The monoisotopic (exact) mass is 239 g/mol. The Kier molecular flexibility index (Phi) is 4.45. The van der Waals surface area contributed by atoms with Crippen LogP contribution in [0.2, 0.25) is 0 Å². The Bertz CT molecular complexity index is 445. The molecule has 6 heteroatoms.